The van der Waals surface area contributed by atoms with Crippen molar-refractivity contribution in [1.29, 1.82) is 0 Å². The molecule has 5 heteroatoms. The Morgan fingerprint density at radius 3 is 2.58 bits per heavy atom. The summed E-state index contributed by atoms with van der Waals surface area (Å²) in [4.78, 5) is 11.9. The molecular weight excluding hydrogens is 180 g/mol. The van der Waals surface area contributed by atoms with Crippen molar-refractivity contribution >= 4 is 18.5 Å². The number of carbonyl (C=O) groups is 1. The molecule has 0 unspecified atom stereocenters. The number of piperidine rings is 1. The van der Waals surface area contributed by atoms with Crippen LogP contribution in [0.3, 0.4) is 0 Å². The van der Waals surface area contributed by atoms with Crippen molar-refractivity contribution in [2.45, 2.75) is 19.4 Å². The topological polar surface area (TPSA) is 66.6 Å². The molecule has 0 aromatic carbocycles. The molecule has 1 amide bonds. The Labute approximate surface area is 78.1 Å². The van der Waals surface area contributed by atoms with E-state index in [2.05, 4.69) is 0 Å². The fourth-order valence-electron chi connectivity index (χ4n) is 1.56. The summed E-state index contributed by atoms with van der Waals surface area (Å²) >= 11 is 0. The molecule has 0 bridgehead atoms. The number of rotatable bonds is 0. The third-order valence-corrected chi connectivity index (χ3v) is 1.96. The Hall–Kier alpha value is -0.480. The van der Waals surface area contributed by atoms with Gasteiger partial charge >= 0.3 is 6.09 Å². The van der Waals surface area contributed by atoms with Gasteiger partial charge in [0.1, 0.15) is 0 Å². The fourth-order valence-corrected chi connectivity index (χ4v) is 1.56. The average molecular weight is 195 g/mol. The predicted molar refractivity (Wildman–Crippen MR) is 48.6 cm³/mol. The third-order valence-electron chi connectivity index (χ3n) is 1.96. The minimum absolute atomic E-state index is 0. The first-order valence-corrected chi connectivity index (χ1v) is 3.83. The van der Waals surface area contributed by atoms with Crippen molar-refractivity contribution < 1.29 is 9.90 Å². The lowest BCUT2D eigenvalue weighted by Crippen LogP contribution is -2.48. The molecule has 1 heterocycles. The van der Waals surface area contributed by atoms with Crippen LogP contribution in [0.15, 0.2) is 0 Å². The molecule has 1 rings (SSSR count). The summed E-state index contributed by atoms with van der Waals surface area (Å²) in [5.41, 5.74) is 5.65. The van der Waals surface area contributed by atoms with E-state index in [0.29, 0.717) is 19.0 Å². The zero-order valence-corrected chi connectivity index (χ0v) is 7.88. The standard InChI is InChI=1S/C7H14N2O2.ClH/c1-5-2-6(8)4-9(3-5)7(10)11;/h5-6H,2-4,8H2,1H3,(H,10,11);1H/t5-,6+;/m1./s1. The summed E-state index contributed by atoms with van der Waals surface area (Å²) in [7, 11) is 0. The van der Waals surface area contributed by atoms with Crippen LogP contribution in [0.5, 0.6) is 0 Å². The quantitative estimate of drug-likeness (QED) is 0.598. The second-order valence-corrected chi connectivity index (χ2v) is 3.29. The van der Waals surface area contributed by atoms with Crippen LogP contribution in [0.2, 0.25) is 0 Å². The van der Waals surface area contributed by atoms with E-state index in [0.717, 1.165) is 6.42 Å². The molecule has 0 aromatic heterocycles. The third kappa shape index (κ3) is 2.87. The van der Waals surface area contributed by atoms with Crippen LogP contribution in [-0.4, -0.2) is 35.2 Å². The van der Waals surface area contributed by atoms with Crippen molar-refractivity contribution in [1.82, 2.24) is 4.90 Å². The molecule has 4 nitrogen and oxygen atoms in total. The number of hydrogen-bond acceptors (Lipinski definition) is 2. The van der Waals surface area contributed by atoms with Gasteiger partial charge in [-0.1, -0.05) is 6.92 Å². The number of hydrogen-bond donors (Lipinski definition) is 2. The number of nitrogens with two attached hydrogens (primary N) is 1. The summed E-state index contributed by atoms with van der Waals surface area (Å²) in [5.74, 6) is 0.398. The number of likely N-dealkylation sites (tertiary alicyclic amines) is 1. The van der Waals surface area contributed by atoms with Gasteiger partial charge in [-0.3, -0.25) is 0 Å². The van der Waals surface area contributed by atoms with Gasteiger partial charge in [-0.25, -0.2) is 4.79 Å². The normalized spacial score (nSPS) is 29.3. The van der Waals surface area contributed by atoms with E-state index in [1.165, 1.54) is 4.90 Å². The minimum Gasteiger partial charge on any atom is -0.465 e. The molecule has 0 radical (unpaired) electrons. The fraction of sp³-hybridized carbons (Fsp3) is 0.857. The van der Waals surface area contributed by atoms with Crippen molar-refractivity contribution in [3.05, 3.63) is 0 Å². The highest BCUT2D eigenvalue weighted by Crippen LogP contribution is 2.14. The molecule has 0 aliphatic carbocycles. The van der Waals surface area contributed by atoms with Crippen LogP contribution in [-0.2, 0) is 0 Å². The first-order valence-electron chi connectivity index (χ1n) is 3.83. The van der Waals surface area contributed by atoms with Crippen molar-refractivity contribution in [2.75, 3.05) is 13.1 Å². The van der Waals surface area contributed by atoms with E-state index in [4.69, 9.17) is 10.8 Å². The van der Waals surface area contributed by atoms with Gasteiger partial charge < -0.3 is 15.7 Å². The second-order valence-electron chi connectivity index (χ2n) is 3.29. The first kappa shape index (κ1) is 11.5. The van der Waals surface area contributed by atoms with Crippen molar-refractivity contribution in [3.8, 4) is 0 Å². The predicted octanol–water partition coefficient (Wildman–Crippen LogP) is 0.755. The SMILES string of the molecule is C[C@@H]1C[C@H](N)CN(C(=O)O)C1.Cl. The van der Waals surface area contributed by atoms with E-state index < -0.39 is 6.09 Å². The molecule has 0 aromatic rings. The van der Waals surface area contributed by atoms with Crippen molar-refractivity contribution in [2.24, 2.45) is 11.7 Å². The maximum absolute atomic E-state index is 10.5. The van der Waals surface area contributed by atoms with E-state index in [9.17, 15) is 4.79 Å². The van der Waals surface area contributed by atoms with Crippen molar-refractivity contribution in [3.63, 3.8) is 0 Å². The molecule has 72 valence electrons. The molecule has 12 heavy (non-hydrogen) atoms. The first-order chi connectivity index (χ1) is 5.09. The summed E-state index contributed by atoms with van der Waals surface area (Å²) in [6, 6.07) is 0.0230. The Kier molecular flexibility index (Phi) is 4.34. The number of nitrogens with zero attached hydrogens (tertiary/aromatic N) is 1. The molecule has 1 saturated heterocycles. The Morgan fingerprint density at radius 1 is 1.58 bits per heavy atom. The average Bonchev–Trinajstić information content (AvgIpc) is 1.85. The highest BCUT2D eigenvalue weighted by atomic mass is 35.5. The largest absolute Gasteiger partial charge is 0.465 e. The van der Waals surface area contributed by atoms with E-state index in [1.807, 2.05) is 6.92 Å². The van der Waals surface area contributed by atoms with Gasteiger partial charge in [0, 0.05) is 19.1 Å². The van der Waals surface area contributed by atoms with Crippen LogP contribution >= 0.6 is 12.4 Å². The zero-order chi connectivity index (χ0) is 8.43. The van der Waals surface area contributed by atoms with Gasteiger partial charge in [0.25, 0.3) is 0 Å². The van der Waals surface area contributed by atoms with E-state index in [1.54, 1.807) is 0 Å². The number of carboxylic acid groups (broad SMARTS) is 1. The monoisotopic (exact) mass is 194 g/mol. The van der Waals surface area contributed by atoms with Crippen LogP contribution in [0.4, 0.5) is 4.79 Å². The van der Waals surface area contributed by atoms with Crippen LogP contribution < -0.4 is 5.73 Å². The lowest BCUT2D eigenvalue weighted by atomic mass is 9.97. The van der Waals surface area contributed by atoms with Crippen LogP contribution in [0, 0.1) is 5.92 Å². The van der Waals surface area contributed by atoms with Gasteiger partial charge in [-0.05, 0) is 12.3 Å². The highest BCUT2D eigenvalue weighted by Gasteiger charge is 2.24. The molecule has 1 fully saturated rings. The van der Waals surface area contributed by atoms with E-state index >= 15 is 0 Å². The van der Waals surface area contributed by atoms with Gasteiger partial charge in [-0.15, -0.1) is 12.4 Å². The maximum atomic E-state index is 10.5. The zero-order valence-electron chi connectivity index (χ0n) is 7.06. The molecule has 0 saturated carbocycles. The molecule has 1 aliphatic rings. The maximum Gasteiger partial charge on any atom is 0.407 e. The molecule has 2 atom stereocenters. The molecular formula is C7H15ClN2O2. The lowest BCUT2D eigenvalue weighted by molar-refractivity contribution is 0.116. The molecule has 3 N–H and O–H groups in total. The summed E-state index contributed by atoms with van der Waals surface area (Å²) in [5, 5.41) is 8.64. The van der Waals surface area contributed by atoms with Gasteiger partial charge in [0.05, 0.1) is 0 Å². The molecule has 1 aliphatic heterocycles. The summed E-state index contributed by atoms with van der Waals surface area (Å²) in [6.07, 6.45) is 0.0797. The summed E-state index contributed by atoms with van der Waals surface area (Å²) < 4.78 is 0. The summed E-state index contributed by atoms with van der Waals surface area (Å²) in [6.45, 7) is 3.14. The Bertz CT molecular complexity index is 155. The second kappa shape index (κ2) is 4.52. The van der Waals surface area contributed by atoms with E-state index in [-0.39, 0.29) is 18.4 Å². The Morgan fingerprint density at radius 2 is 2.17 bits per heavy atom. The van der Waals surface area contributed by atoms with Crippen LogP contribution in [0.25, 0.3) is 0 Å². The van der Waals surface area contributed by atoms with Gasteiger partial charge in [0.15, 0.2) is 0 Å². The lowest BCUT2D eigenvalue weighted by Gasteiger charge is -2.32. The smallest absolute Gasteiger partial charge is 0.407 e. The highest BCUT2D eigenvalue weighted by molar-refractivity contribution is 5.85. The Balaban J connectivity index is 0.00000121. The number of halogens is 1. The number of amides is 1. The minimum atomic E-state index is -0.855. The van der Waals surface area contributed by atoms with Crippen LogP contribution in [0.1, 0.15) is 13.3 Å². The molecule has 0 spiro atoms. The van der Waals surface area contributed by atoms with Gasteiger partial charge in [-0.2, -0.15) is 0 Å². The van der Waals surface area contributed by atoms with Gasteiger partial charge in [0.2, 0.25) is 0 Å².